The molecule has 5 aromatic rings. The molecule has 0 spiro atoms. The molecule has 0 fully saturated rings. The summed E-state index contributed by atoms with van der Waals surface area (Å²) in [5.74, 6) is 0.257. The summed E-state index contributed by atoms with van der Waals surface area (Å²) in [5.41, 5.74) is 11.4. The molecule has 0 bridgehead atoms. The van der Waals surface area contributed by atoms with Gasteiger partial charge in [0.15, 0.2) is 0 Å². The van der Waals surface area contributed by atoms with E-state index in [1.165, 1.54) is 38.9 Å². The van der Waals surface area contributed by atoms with Crippen molar-refractivity contribution in [3.63, 3.8) is 0 Å². The van der Waals surface area contributed by atoms with Crippen molar-refractivity contribution in [2.45, 2.75) is 27.7 Å². The number of hydrogen-bond acceptors (Lipinski definition) is 3. The van der Waals surface area contributed by atoms with Gasteiger partial charge in [0.05, 0.1) is 15.8 Å². The number of nitrogens with zero attached hydrogens (tertiary/aromatic N) is 1. The molecule has 0 aliphatic heterocycles. The Labute approximate surface area is 192 Å². The number of fused-ring (bicyclic) bond motifs is 1. The maximum Gasteiger partial charge on any atom is 0.128 e. The summed E-state index contributed by atoms with van der Waals surface area (Å²) < 4.78 is 1.14. The van der Waals surface area contributed by atoms with Crippen LogP contribution in [-0.4, -0.2) is 10.1 Å². The van der Waals surface area contributed by atoms with Crippen LogP contribution in [0.15, 0.2) is 72.8 Å². The zero-order chi connectivity index (χ0) is 22.4. The van der Waals surface area contributed by atoms with Crippen LogP contribution in [0, 0.1) is 27.7 Å². The monoisotopic (exact) mass is 435 g/mol. The predicted molar refractivity (Wildman–Crippen MR) is 137 cm³/mol. The molecule has 0 saturated carbocycles. The maximum absolute atomic E-state index is 10.5. The van der Waals surface area contributed by atoms with Gasteiger partial charge in [-0.25, -0.2) is 4.98 Å². The summed E-state index contributed by atoms with van der Waals surface area (Å²) in [6.07, 6.45) is 0. The first-order valence-corrected chi connectivity index (χ1v) is 11.6. The summed E-state index contributed by atoms with van der Waals surface area (Å²) in [4.78, 5) is 5.07. The largest absolute Gasteiger partial charge is 0.507 e. The van der Waals surface area contributed by atoms with Crippen LogP contribution < -0.4 is 0 Å². The Morgan fingerprint density at radius 1 is 0.625 bits per heavy atom. The van der Waals surface area contributed by atoms with E-state index in [1.807, 2.05) is 18.2 Å². The summed E-state index contributed by atoms with van der Waals surface area (Å²) in [6.45, 7) is 8.54. The van der Waals surface area contributed by atoms with Gasteiger partial charge in [-0.2, -0.15) is 0 Å². The van der Waals surface area contributed by atoms with Crippen molar-refractivity contribution in [1.29, 1.82) is 0 Å². The first kappa shape index (κ1) is 20.5. The first-order chi connectivity index (χ1) is 15.4. The molecular formula is C29H25NOS. The standard InChI is InChI=1S/C29H25NOS/c1-17-11-18(2)14-21(13-17)23-9-10-24(22-15-19(3)12-20(4)16-22)28-27(23)30-29(32-28)25-7-5-6-8-26(25)31/h5-16,31H,1-4H3. The normalized spacial score (nSPS) is 11.2. The van der Waals surface area contributed by atoms with E-state index in [-0.39, 0.29) is 5.75 Å². The Morgan fingerprint density at radius 3 is 1.75 bits per heavy atom. The van der Waals surface area contributed by atoms with E-state index >= 15 is 0 Å². The van der Waals surface area contributed by atoms with E-state index in [4.69, 9.17) is 4.98 Å². The number of hydrogen-bond donors (Lipinski definition) is 1. The molecule has 0 amide bonds. The highest BCUT2D eigenvalue weighted by molar-refractivity contribution is 7.22. The molecule has 0 radical (unpaired) electrons. The lowest BCUT2D eigenvalue weighted by atomic mass is 9.95. The van der Waals surface area contributed by atoms with Crippen molar-refractivity contribution in [1.82, 2.24) is 4.98 Å². The van der Waals surface area contributed by atoms with E-state index in [1.54, 1.807) is 17.4 Å². The van der Waals surface area contributed by atoms with Gasteiger partial charge >= 0.3 is 0 Å². The fourth-order valence-corrected chi connectivity index (χ4v) is 5.66. The third-order valence-corrected chi connectivity index (χ3v) is 6.87. The molecule has 32 heavy (non-hydrogen) atoms. The van der Waals surface area contributed by atoms with Crippen molar-refractivity contribution in [3.05, 3.63) is 95.1 Å². The lowest BCUT2D eigenvalue weighted by Gasteiger charge is -2.10. The topological polar surface area (TPSA) is 33.1 Å². The smallest absolute Gasteiger partial charge is 0.128 e. The van der Waals surface area contributed by atoms with Crippen molar-refractivity contribution >= 4 is 21.6 Å². The van der Waals surface area contributed by atoms with E-state index in [2.05, 4.69) is 76.2 Å². The van der Waals surface area contributed by atoms with Crippen LogP contribution in [0.3, 0.4) is 0 Å². The first-order valence-electron chi connectivity index (χ1n) is 10.8. The van der Waals surface area contributed by atoms with Crippen LogP contribution in [0.2, 0.25) is 0 Å². The zero-order valence-electron chi connectivity index (χ0n) is 18.7. The van der Waals surface area contributed by atoms with Crippen molar-refractivity contribution in [3.8, 4) is 38.6 Å². The molecule has 0 atom stereocenters. The Hall–Kier alpha value is -3.43. The zero-order valence-corrected chi connectivity index (χ0v) is 19.5. The average Bonchev–Trinajstić information content (AvgIpc) is 3.17. The highest BCUT2D eigenvalue weighted by Crippen LogP contribution is 2.43. The second-order valence-electron chi connectivity index (χ2n) is 8.63. The van der Waals surface area contributed by atoms with E-state index in [0.717, 1.165) is 26.4 Å². The van der Waals surface area contributed by atoms with Gasteiger partial charge in [0.25, 0.3) is 0 Å². The van der Waals surface area contributed by atoms with E-state index in [9.17, 15) is 5.11 Å². The minimum absolute atomic E-state index is 0.257. The predicted octanol–water partition coefficient (Wildman–Crippen LogP) is 8.24. The third-order valence-electron chi connectivity index (χ3n) is 5.74. The molecule has 0 aliphatic rings. The molecule has 0 aliphatic carbocycles. The number of aryl methyl sites for hydroxylation is 4. The second-order valence-corrected chi connectivity index (χ2v) is 9.63. The van der Waals surface area contributed by atoms with Crippen LogP contribution in [0.4, 0.5) is 0 Å². The number of phenols is 1. The van der Waals surface area contributed by atoms with Gasteiger partial charge in [-0.3, -0.25) is 0 Å². The van der Waals surface area contributed by atoms with Crippen LogP contribution in [0.5, 0.6) is 5.75 Å². The van der Waals surface area contributed by atoms with Gasteiger partial charge in [0.1, 0.15) is 10.8 Å². The van der Waals surface area contributed by atoms with Gasteiger partial charge in [0.2, 0.25) is 0 Å². The lowest BCUT2D eigenvalue weighted by Crippen LogP contribution is -1.88. The molecule has 4 aromatic carbocycles. The molecule has 2 nitrogen and oxygen atoms in total. The van der Waals surface area contributed by atoms with E-state index in [0.29, 0.717) is 0 Å². The average molecular weight is 436 g/mol. The maximum atomic E-state index is 10.5. The second kappa shape index (κ2) is 7.92. The quantitative estimate of drug-likeness (QED) is 0.309. The number of para-hydroxylation sites is 1. The Kier molecular flexibility index (Phi) is 5.07. The van der Waals surface area contributed by atoms with Crippen LogP contribution in [0.1, 0.15) is 22.3 Å². The summed E-state index contributed by atoms with van der Waals surface area (Å²) in [5, 5.41) is 11.3. The molecule has 1 heterocycles. The SMILES string of the molecule is Cc1cc(C)cc(-c2ccc(-c3cc(C)cc(C)c3)c3sc(-c4ccccc4O)nc23)c1. The van der Waals surface area contributed by atoms with Crippen molar-refractivity contribution in [2.75, 3.05) is 0 Å². The summed E-state index contributed by atoms with van der Waals surface area (Å²) in [6, 6.07) is 25.1. The van der Waals surface area contributed by atoms with Crippen molar-refractivity contribution in [2.24, 2.45) is 0 Å². The fourth-order valence-electron chi connectivity index (χ4n) is 4.50. The highest BCUT2D eigenvalue weighted by Gasteiger charge is 2.18. The molecule has 158 valence electrons. The third kappa shape index (κ3) is 3.69. The van der Waals surface area contributed by atoms with Gasteiger partial charge in [-0.15, -0.1) is 11.3 Å². The Balaban J connectivity index is 1.82. The van der Waals surface area contributed by atoms with Gasteiger partial charge < -0.3 is 5.11 Å². The molecule has 3 heteroatoms. The number of aromatic nitrogens is 1. The molecule has 1 aromatic heterocycles. The van der Waals surface area contributed by atoms with Gasteiger partial charge in [0, 0.05) is 11.1 Å². The molecule has 5 rings (SSSR count). The number of aromatic hydroxyl groups is 1. The molecule has 1 N–H and O–H groups in total. The van der Waals surface area contributed by atoms with Crippen molar-refractivity contribution < 1.29 is 5.11 Å². The summed E-state index contributed by atoms with van der Waals surface area (Å²) in [7, 11) is 0. The van der Waals surface area contributed by atoms with Gasteiger partial charge in [-0.1, -0.05) is 82.9 Å². The minimum Gasteiger partial charge on any atom is -0.507 e. The van der Waals surface area contributed by atoms with E-state index < -0.39 is 0 Å². The van der Waals surface area contributed by atoms with Crippen LogP contribution >= 0.6 is 11.3 Å². The van der Waals surface area contributed by atoms with Gasteiger partial charge in [-0.05, 0) is 51.0 Å². The van der Waals surface area contributed by atoms with Crippen LogP contribution in [-0.2, 0) is 0 Å². The summed E-state index contributed by atoms with van der Waals surface area (Å²) >= 11 is 1.64. The molecule has 0 saturated heterocycles. The number of phenolic OH excluding ortho intramolecular Hbond substituents is 1. The Morgan fingerprint density at radius 2 is 1.16 bits per heavy atom. The number of benzene rings is 4. The lowest BCUT2D eigenvalue weighted by molar-refractivity contribution is 0.477. The highest BCUT2D eigenvalue weighted by atomic mass is 32.1. The number of rotatable bonds is 3. The minimum atomic E-state index is 0.257. The molecular weight excluding hydrogens is 410 g/mol. The molecule has 0 unspecified atom stereocenters. The number of thiazole rings is 1. The van der Waals surface area contributed by atoms with Crippen LogP contribution in [0.25, 0.3) is 43.0 Å². The fraction of sp³-hybridized carbons (Fsp3) is 0.138. The Bertz CT molecular complexity index is 1350.